The van der Waals surface area contributed by atoms with Crippen LogP contribution in [0.25, 0.3) is 15.4 Å². The van der Waals surface area contributed by atoms with Gasteiger partial charge in [0.2, 0.25) is 0 Å². The number of imidazole rings is 1. The van der Waals surface area contributed by atoms with E-state index in [4.69, 9.17) is 9.72 Å². The number of hydrogen-bond acceptors (Lipinski definition) is 3. The van der Waals surface area contributed by atoms with Crippen molar-refractivity contribution in [3.05, 3.63) is 42.1 Å². The first-order chi connectivity index (χ1) is 15.6. The number of nitrogens with zero attached hydrogens (tertiary/aromatic N) is 2. The third-order valence-corrected chi connectivity index (χ3v) is 7.05. The minimum absolute atomic E-state index is 0.0299. The lowest BCUT2D eigenvalue weighted by Crippen LogP contribution is -2.12. The van der Waals surface area contributed by atoms with Crippen LogP contribution in [0, 0.1) is 5.82 Å². The smallest absolute Gasteiger partial charge is 0.194 e. The lowest BCUT2D eigenvalue weighted by atomic mass is 10.1. The Labute approximate surface area is 197 Å². The molecule has 32 heavy (non-hydrogen) atoms. The second kappa shape index (κ2) is 13.0. The molecule has 0 saturated carbocycles. The van der Waals surface area contributed by atoms with Crippen molar-refractivity contribution in [3.8, 4) is 16.2 Å². The zero-order chi connectivity index (χ0) is 22.8. The number of aryl methyl sites for hydroxylation is 1. The summed E-state index contributed by atoms with van der Waals surface area (Å²) in [5.74, 6) is 0.0528. The van der Waals surface area contributed by atoms with Crippen molar-refractivity contribution in [1.82, 2.24) is 9.38 Å². The van der Waals surface area contributed by atoms with Crippen LogP contribution < -0.4 is 4.74 Å². The second-order valence-corrected chi connectivity index (χ2v) is 9.97. The van der Waals surface area contributed by atoms with Gasteiger partial charge in [-0.1, -0.05) is 76.6 Å². The molecule has 1 atom stereocenters. The van der Waals surface area contributed by atoms with E-state index in [-0.39, 0.29) is 11.9 Å². The Bertz CT molecular complexity index is 917. The Hall–Kier alpha value is -1.88. The van der Waals surface area contributed by atoms with E-state index in [1.165, 1.54) is 57.8 Å². The maximum absolute atomic E-state index is 14.7. The van der Waals surface area contributed by atoms with E-state index in [2.05, 4.69) is 30.6 Å². The Balaban J connectivity index is 1.54. The zero-order valence-electron chi connectivity index (χ0n) is 20.0. The van der Waals surface area contributed by atoms with Gasteiger partial charge in [0, 0.05) is 12.4 Å². The molecule has 0 N–H and O–H groups in total. The maximum Gasteiger partial charge on any atom is 0.194 e. The van der Waals surface area contributed by atoms with Crippen LogP contribution in [0.3, 0.4) is 0 Å². The first-order valence-corrected chi connectivity index (χ1v) is 13.4. The molecular weight excluding hydrogens is 419 g/mol. The summed E-state index contributed by atoms with van der Waals surface area (Å²) in [6.45, 7) is 6.48. The van der Waals surface area contributed by atoms with Gasteiger partial charge in [-0.25, -0.2) is 9.37 Å². The van der Waals surface area contributed by atoms with Gasteiger partial charge >= 0.3 is 0 Å². The minimum Gasteiger partial charge on any atom is -0.488 e. The highest BCUT2D eigenvalue weighted by atomic mass is 32.1. The molecule has 3 rings (SSSR count). The van der Waals surface area contributed by atoms with Crippen molar-refractivity contribution >= 4 is 16.3 Å². The van der Waals surface area contributed by atoms with Gasteiger partial charge in [0.15, 0.2) is 16.5 Å². The Morgan fingerprint density at radius 3 is 2.41 bits per heavy atom. The van der Waals surface area contributed by atoms with E-state index in [1.807, 2.05) is 13.0 Å². The topological polar surface area (TPSA) is 26.5 Å². The van der Waals surface area contributed by atoms with Crippen LogP contribution in [0.4, 0.5) is 4.39 Å². The number of rotatable bonds is 15. The van der Waals surface area contributed by atoms with Crippen LogP contribution in [0.1, 0.15) is 97.1 Å². The van der Waals surface area contributed by atoms with Crippen LogP contribution in [0.5, 0.6) is 5.75 Å². The van der Waals surface area contributed by atoms with Gasteiger partial charge in [0.05, 0.1) is 16.7 Å². The number of halogens is 1. The van der Waals surface area contributed by atoms with E-state index >= 15 is 0 Å². The molecule has 2 heterocycles. The number of thiazole rings is 1. The molecule has 0 aliphatic heterocycles. The average molecular weight is 459 g/mol. The predicted octanol–water partition coefficient (Wildman–Crippen LogP) is 8.84. The van der Waals surface area contributed by atoms with Crippen molar-refractivity contribution < 1.29 is 9.13 Å². The molecule has 1 aromatic carbocycles. The van der Waals surface area contributed by atoms with Crippen LogP contribution in [-0.4, -0.2) is 15.5 Å². The molecule has 176 valence electrons. The third-order valence-electron chi connectivity index (χ3n) is 6.00. The Morgan fingerprint density at radius 2 is 1.69 bits per heavy atom. The van der Waals surface area contributed by atoms with Gasteiger partial charge in [-0.2, -0.15) is 0 Å². The maximum atomic E-state index is 14.7. The van der Waals surface area contributed by atoms with Gasteiger partial charge in [0.25, 0.3) is 0 Å². The van der Waals surface area contributed by atoms with Crippen LogP contribution in [0.2, 0.25) is 0 Å². The largest absolute Gasteiger partial charge is 0.488 e. The monoisotopic (exact) mass is 458 g/mol. The van der Waals surface area contributed by atoms with Crippen molar-refractivity contribution in [2.75, 3.05) is 0 Å². The zero-order valence-corrected chi connectivity index (χ0v) is 20.9. The molecule has 2 aromatic heterocycles. The molecule has 3 aromatic rings. The van der Waals surface area contributed by atoms with E-state index in [0.29, 0.717) is 5.75 Å². The first kappa shape index (κ1) is 24.8. The van der Waals surface area contributed by atoms with E-state index < -0.39 is 0 Å². The van der Waals surface area contributed by atoms with E-state index in [0.717, 1.165) is 40.4 Å². The molecule has 0 spiro atoms. The molecule has 0 amide bonds. The quantitative estimate of drug-likeness (QED) is 0.213. The Morgan fingerprint density at radius 1 is 0.969 bits per heavy atom. The molecule has 0 fully saturated rings. The lowest BCUT2D eigenvalue weighted by Gasteiger charge is -2.15. The highest BCUT2D eigenvalue weighted by Gasteiger charge is 2.13. The number of hydrogen-bond donors (Lipinski definition) is 0. The number of ether oxygens (including phenoxy) is 1. The summed E-state index contributed by atoms with van der Waals surface area (Å²) < 4.78 is 22.6. The number of benzene rings is 1. The fourth-order valence-electron chi connectivity index (χ4n) is 4.07. The van der Waals surface area contributed by atoms with E-state index in [9.17, 15) is 4.39 Å². The Kier molecular flexibility index (Phi) is 10.0. The van der Waals surface area contributed by atoms with Gasteiger partial charge in [-0.05, 0) is 56.4 Å². The second-order valence-electron chi connectivity index (χ2n) is 8.96. The highest BCUT2D eigenvalue weighted by Crippen LogP contribution is 2.32. The molecule has 0 radical (unpaired) electrons. The van der Waals surface area contributed by atoms with Crippen molar-refractivity contribution in [2.45, 2.75) is 104 Å². The van der Waals surface area contributed by atoms with Crippen LogP contribution in [-0.2, 0) is 6.42 Å². The summed E-state index contributed by atoms with van der Waals surface area (Å²) in [6.07, 6.45) is 18.8. The lowest BCUT2D eigenvalue weighted by molar-refractivity contribution is 0.197. The minimum atomic E-state index is -0.294. The first-order valence-electron chi connectivity index (χ1n) is 12.5. The normalized spacial score (nSPS) is 12.5. The summed E-state index contributed by atoms with van der Waals surface area (Å²) in [5.41, 5.74) is 2.03. The van der Waals surface area contributed by atoms with Crippen molar-refractivity contribution in [1.29, 1.82) is 0 Å². The third kappa shape index (κ3) is 7.33. The molecule has 0 bridgehead atoms. The summed E-state index contributed by atoms with van der Waals surface area (Å²) in [6, 6.07) is 5.30. The number of aromatic nitrogens is 2. The predicted molar refractivity (Wildman–Crippen MR) is 134 cm³/mol. The van der Waals surface area contributed by atoms with Gasteiger partial charge < -0.3 is 4.74 Å². The summed E-state index contributed by atoms with van der Waals surface area (Å²) >= 11 is 1.61. The molecular formula is C27H39FN2OS. The van der Waals surface area contributed by atoms with Crippen LogP contribution >= 0.6 is 11.3 Å². The van der Waals surface area contributed by atoms with Gasteiger partial charge in [0.1, 0.15) is 0 Å². The van der Waals surface area contributed by atoms with Gasteiger partial charge in [-0.3, -0.25) is 4.40 Å². The number of fused-ring (bicyclic) bond motifs is 1. The standard InChI is InChI=1S/C27H39FN2OS/c1-4-6-8-10-11-13-15-23-19-30-20-26(32-27(30)29-23)22-16-17-25(24(28)18-22)31-21(3)14-12-9-7-5-2/h16-21H,4-15H2,1-3H3. The SMILES string of the molecule is CCCCCCCCc1cn2cc(-c3ccc(OC(C)CCCCCC)c(F)c3)sc2n1. The molecule has 0 saturated heterocycles. The highest BCUT2D eigenvalue weighted by molar-refractivity contribution is 7.20. The van der Waals surface area contributed by atoms with Crippen molar-refractivity contribution in [3.63, 3.8) is 0 Å². The van der Waals surface area contributed by atoms with E-state index in [1.54, 1.807) is 23.5 Å². The molecule has 1 unspecified atom stereocenters. The van der Waals surface area contributed by atoms with Crippen molar-refractivity contribution in [2.24, 2.45) is 0 Å². The molecule has 3 nitrogen and oxygen atoms in total. The molecule has 0 aliphatic rings. The van der Waals surface area contributed by atoms with Gasteiger partial charge in [-0.15, -0.1) is 0 Å². The van der Waals surface area contributed by atoms with Crippen LogP contribution in [0.15, 0.2) is 30.6 Å². The summed E-state index contributed by atoms with van der Waals surface area (Å²) in [7, 11) is 0. The summed E-state index contributed by atoms with van der Waals surface area (Å²) in [4.78, 5) is 6.78. The summed E-state index contributed by atoms with van der Waals surface area (Å²) in [5, 5.41) is 0. The molecule has 5 heteroatoms. The fraction of sp³-hybridized carbons (Fsp3) is 0.593. The number of unbranched alkanes of at least 4 members (excludes halogenated alkanes) is 8. The molecule has 0 aliphatic carbocycles. The fourth-order valence-corrected chi connectivity index (χ4v) is 5.05. The average Bonchev–Trinajstić information content (AvgIpc) is 3.34.